The Balaban J connectivity index is 2.16. The van der Waals surface area contributed by atoms with E-state index >= 15 is 0 Å². The fraction of sp³-hybridized carbons (Fsp3) is 0. The lowest BCUT2D eigenvalue weighted by Crippen LogP contribution is -1.96. The Morgan fingerprint density at radius 1 is 0.714 bits per heavy atom. The van der Waals surface area contributed by atoms with Gasteiger partial charge in [-0.2, -0.15) is 0 Å². The molecule has 0 aliphatic carbocycles. The molecule has 0 atom stereocenters. The predicted octanol–water partition coefficient (Wildman–Crippen LogP) is 2.67. The van der Waals surface area contributed by atoms with E-state index in [0.29, 0.717) is 0 Å². The molecule has 0 spiro atoms. The van der Waals surface area contributed by atoms with E-state index < -0.39 is 0 Å². The quantitative estimate of drug-likeness (QED) is 0.678. The highest BCUT2D eigenvalue weighted by Gasteiger charge is 1.87. The summed E-state index contributed by atoms with van der Waals surface area (Å²) in [6, 6.07) is 14.4. The van der Waals surface area contributed by atoms with Crippen molar-refractivity contribution in [1.29, 1.82) is 0 Å². The molecule has 1 heteroatoms. The van der Waals surface area contributed by atoms with Crippen LogP contribution in [0.5, 0.6) is 0 Å². The van der Waals surface area contributed by atoms with Crippen LogP contribution in [0.3, 0.4) is 0 Å². The number of aromatic amines is 1. The predicted molar refractivity (Wildman–Crippen MR) is 58.4 cm³/mol. The summed E-state index contributed by atoms with van der Waals surface area (Å²) in [6.07, 6.45) is 8.05. The Labute approximate surface area is 83.7 Å². The topological polar surface area (TPSA) is 14.1 Å². The van der Waals surface area contributed by atoms with Gasteiger partial charge in [-0.05, 0) is 11.1 Å². The Bertz CT molecular complexity index is 362. The Hall–Kier alpha value is -1.89. The Morgan fingerprint density at radius 3 is 1.93 bits per heavy atom. The third-order valence-corrected chi connectivity index (χ3v) is 2.01. The minimum Gasteiger partial charge on any atom is -0.218 e. The van der Waals surface area contributed by atoms with Crippen LogP contribution in [0.25, 0.3) is 12.2 Å². The Kier molecular flexibility index (Phi) is 2.72. The first-order chi connectivity index (χ1) is 6.95. The maximum Gasteiger partial charge on any atom is 0.167 e. The molecule has 1 aromatic heterocycles. The fourth-order valence-electron chi connectivity index (χ4n) is 1.27. The van der Waals surface area contributed by atoms with Gasteiger partial charge in [-0.3, -0.25) is 0 Å². The second-order valence-corrected chi connectivity index (χ2v) is 3.08. The molecule has 1 heterocycles. The average molecular weight is 182 g/mol. The van der Waals surface area contributed by atoms with E-state index in [0.717, 1.165) is 0 Å². The van der Waals surface area contributed by atoms with Gasteiger partial charge in [-0.15, -0.1) is 0 Å². The summed E-state index contributed by atoms with van der Waals surface area (Å²) in [4.78, 5) is 3.00. The molecule has 14 heavy (non-hydrogen) atoms. The monoisotopic (exact) mass is 182 g/mol. The molecule has 0 aliphatic heterocycles. The summed E-state index contributed by atoms with van der Waals surface area (Å²) >= 11 is 0. The van der Waals surface area contributed by atoms with Gasteiger partial charge in [0.05, 0.1) is 0 Å². The van der Waals surface area contributed by atoms with Crippen LogP contribution in [0.2, 0.25) is 0 Å². The van der Waals surface area contributed by atoms with Crippen LogP contribution in [-0.2, 0) is 0 Å². The first-order valence-corrected chi connectivity index (χ1v) is 4.64. The van der Waals surface area contributed by atoms with E-state index in [4.69, 9.17) is 0 Å². The summed E-state index contributed by atoms with van der Waals surface area (Å²) in [5.41, 5.74) is 2.42. The van der Waals surface area contributed by atoms with Gasteiger partial charge in [-0.1, -0.05) is 42.5 Å². The molecule has 0 aliphatic rings. The summed E-state index contributed by atoms with van der Waals surface area (Å²) in [6.45, 7) is 0. The molecule has 2 rings (SSSR count). The van der Waals surface area contributed by atoms with E-state index in [2.05, 4.69) is 29.3 Å². The highest BCUT2D eigenvalue weighted by Crippen LogP contribution is 2.05. The lowest BCUT2D eigenvalue weighted by molar-refractivity contribution is -0.378. The molecular weight excluding hydrogens is 170 g/mol. The van der Waals surface area contributed by atoms with Gasteiger partial charge in [0, 0.05) is 12.1 Å². The van der Waals surface area contributed by atoms with Crippen molar-refractivity contribution in [1.82, 2.24) is 0 Å². The summed E-state index contributed by atoms with van der Waals surface area (Å²) < 4.78 is 0. The zero-order valence-corrected chi connectivity index (χ0v) is 7.85. The largest absolute Gasteiger partial charge is 0.218 e. The number of H-pyrrole nitrogens is 1. The number of hydrogen-bond donors (Lipinski definition) is 0. The van der Waals surface area contributed by atoms with E-state index in [1.165, 1.54) is 11.1 Å². The molecule has 0 saturated heterocycles. The highest BCUT2D eigenvalue weighted by molar-refractivity contribution is 5.68. The SMILES string of the molecule is C(=C\c1cc[nH+]cc1)/c1ccccc1. The standard InChI is InChI=1S/C13H11N/c1-2-4-12(5-3-1)6-7-13-8-10-14-11-9-13/h1-11H/p+1/b7-6+. The van der Waals surface area contributed by atoms with Gasteiger partial charge >= 0.3 is 0 Å². The van der Waals surface area contributed by atoms with Gasteiger partial charge in [0.25, 0.3) is 0 Å². The van der Waals surface area contributed by atoms with Crippen LogP contribution in [0.1, 0.15) is 11.1 Å². The molecule has 0 fully saturated rings. The first-order valence-electron chi connectivity index (χ1n) is 4.64. The summed E-state index contributed by atoms with van der Waals surface area (Å²) in [7, 11) is 0. The average Bonchev–Trinajstić information content (AvgIpc) is 2.29. The number of aromatic nitrogens is 1. The molecule has 0 bridgehead atoms. The minimum absolute atomic E-state index is 1.20. The second-order valence-electron chi connectivity index (χ2n) is 3.08. The molecule has 2 aromatic rings. The molecule has 0 amide bonds. The fourth-order valence-corrected chi connectivity index (χ4v) is 1.27. The van der Waals surface area contributed by atoms with Gasteiger partial charge in [0.1, 0.15) is 0 Å². The van der Waals surface area contributed by atoms with E-state index in [-0.39, 0.29) is 0 Å². The zero-order chi connectivity index (χ0) is 9.64. The minimum atomic E-state index is 1.20. The second kappa shape index (κ2) is 4.38. The third-order valence-electron chi connectivity index (χ3n) is 2.01. The summed E-state index contributed by atoms with van der Waals surface area (Å²) in [5, 5.41) is 0. The molecule has 1 aromatic carbocycles. The molecule has 1 N–H and O–H groups in total. The Morgan fingerprint density at radius 2 is 1.29 bits per heavy atom. The number of hydrogen-bond acceptors (Lipinski definition) is 0. The molecule has 68 valence electrons. The van der Waals surface area contributed by atoms with Crippen molar-refractivity contribution in [2.75, 3.05) is 0 Å². The van der Waals surface area contributed by atoms with Crippen molar-refractivity contribution in [3.8, 4) is 0 Å². The smallest absolute Gasteiger partial charge is 0.167 e. The molecular formula is C13H12N+. The van der Waals surface area contributed by atoms with E-state index in [9.17, 15) is 0 Å². The van der Waals surface area contributed by atoms with Crippen molar-refractivity contribution in [2.45, 2.75) is 0 Å². The van der Waals surface area contributed by atoms with E-state index in [1.807, 2.05) is 42.7 Å². The third kappa shape index (κ3) is 2.30. The number of pyridine rings is 1. The highest BCUT2D eigenvalue weighted by atomic mass is 14.6. The number of nitrogens with one attached hydrogen (secondary N) is 1. The van der Waals surface area contributed by atoms with Crippen molar-refractivity contribution in [3.63, 3.8) is 0 Å². The lowest BCUT2D eigenvalue weighted by Gasteiger charge is -1.91. The van der Waals surface area contributed by atoms with Crippen LogP contribution < -0.4 is 4.98 Å². The van der Waals surface area contributed by atoms with Crippen LogP contribution in [0, 0.1) is 0 Å². The maximum atomic E-state index is 3.00. The van der Waals surface area contributed by atoms with Crippen molar-refractivity contribution in [2.24, 2.45) is 0 Å². The van der Waals surface area contributed by atoms with Crippen molar-refractivity contribution >= 4 is 12.2 Å². The first kappa shape index (κ1) is 8.70. The van der Waals surface area contributed by atoms with Gasteiger partial charge in [0.2, 0.25) is 0 Å². The molecule has 0 unspecified atom stereocenters. The maximum absolute atomic E-state index is 3.00. The number of rotatable bonds is 2. The molecule has 1 nitrogen and oxygen atoms in total. The van der Waals surface area contributed by atoms with Crippen molar-refractivity contribution in [3.05, 3.63) is 66.0 Å². The van der Waals surface area contributed by atoms with Crippen LogP contribution in [0.15, 0.2) is 54.9 Å². The van der Waals surface area contributed by atoms with Gasteiger partial charge in [0.15, 0.2) is 12.4 Å². The van der Waals surface area contributed by atoms with Crippen molar-refractivity contribution < 1.29 is 4.98 Å². The zero-order valence-electron chi connectivity index (χ0n) is 7.85. The normalized spacial score (nSPS) is 10.6. The van der Waals surface area contributed by atoms with Crippen LogP contribution >= 0.6 is 0 Å². The summed E-state index contributed by atoms with van der Waals surface area (Å²) in [5.74, 6) is 0. The lowest BCUT2D eigenvalue weighted by atomic mass is 10.2. The van der Waals surface area contributed by atoms with Crippen LogP contribution in [0.4, 0.5) is 0 Å². The van der Waals surface area contributed by atoms with Gasteiger partial charge in [-0.25, -0.2) is 4.98 Å². The number of benzene rings is 1. The van der Waals surface area contributed by atoms with E-state index in [1.54, 1.807) is 0 Å². The molecule has 0 saturated carbocycles. The molecule has 0 radical (unpaired) electrons. The van der Waals surface area contributed by atoms with Gasteiger partial charge < -0.3 is 0 Å². The van der Waals surface area contributed by atoms with Crippen LogP contribution in [-0.4, -0.2) is 0 Å².